The van der Waals surface area contributed by atoms with Gasteiger partial charge >= 0.3 is 0 Å². The smallest absolute Gasteiger partial charge is 0.00727 e. The first-order valence-corrected chi connectivity index (χ1v) is 5.12. The second-order valence-electron chi connectivity index (χ2n) is 4.82. The lowest BCUT2D eigenvalue weighted by molar-refractivity contribution is 0.234. The molecule has 0 aromatic rings. The maximum absolute atomic E-state index is 6.08. The topological polar surface area (TPSA) is 26.0 Å². The normalized spacial score (nSPS) is 60.3. The molecular formula is C10H17N. The fourth-order valence-electron chi connectivity index (χ4n) is 4.12. The van der Waals surface area contributed by atoms with Crippen LogP contribution in [0.1, 0.15) is 32.1 Å². The Bertz CT molecular complexity index is 178. The van der Waals surface area contributed by atoms with E-state index in [-0.39, 0.29) is 0 Å². The Kier molecular flexibility index (Phi) is 1.18. The molecule has 0 amide bonds. The molecule has 11 heavy (non-hydrogen) atoms. The molecular weight excluding hydrogens is 134 g/mol. The van der Waals surface area contributed by atoms with Gasteiger partial charge in [-0.3, -0.25) is 0 Å². The lowest BCUT2D eigenvalue weighted by Gasteiger charge is -2.28. The molecule has 0 spiro atoms. The van der Waals surface area contributed by atoms with Gasteiger partial charge in [-0.25, -0.2) is 0 Å². The summed E-state index contributed by atoms with van der Waals surface area (Å²) in [4.78, 5) is 0. The van der Waals surface area contributed by atoms with Crippen molar-refractivity contribution in [2.75, 3.05) is 0 Å². The lowest BCUT2D eigenvalue weighted by Crippen LogP contribution is -2.34. The van der Waals surface area contributed by atoms with Crippen LogP contribution < -0.4 is 5.73 Å². The zero-order valence-corrected chi connectivity index (χ0v) is 7.00. The molecule has 5 atom stereocenters. The molecule has 3 fully saturated rings. The molecule has 0 aromatic heterocycles. The van der Waals surface area contributed by atoms with E-state index in [0.29, 0.717) is 6.04 Å². The number of hydrogen-bond donors (Lipinski definition) is 1. The molecule has 1 nitrogen and oxygen atoms in total. The quantitative estimate of drug-likeness (QED) is 0.561. The largest absolute Gasteiger partial charge is 0.327 e. The molecule has 2 N–H and O–H groups in total. The Morgan fingerprint density at radius 3 is 2.64 bits per heavy atom. The average Bonchev–Trinajstić information content (AvgIpc) is 2.52. The van der Waals surface area contributed by atoms with E-state index in [4.69, 9.17) is 5.73 Å². The molecule has 3 saturated carbocycles. The third-order valence-corrected chi connectivity index (χ3v) is 4.48. The van der Waals surface area contributed by atoms with E-state index in [1.165, 1.54) is 32.1 Å². The molecule has 2 bridgehead atoms. The number of rotatable bonds is 0. The Balaban J connectivity index is 1.90. The summed E-state index contributed by atoms with van der Waals surface area (Å²) in [5.74, 6) is 4.15. The molecule has 0 aromatic carbocycles. The minimum atomic E-state index is 0.583. The van der Waals surface area contributed by atoms with Crippen molar-refractivity contribution in [2.24, 2.45) is 29.4 Å². The van der Waals surface area contributed by atoms with Crippen molar-refractivity contribution in [2.45, 2.75) is 38.1 Å². The highest BCUT2D eigenvalue weighted by atomic mass is 14.7. The molecule has 3 aliphatic rings. The predicted octanol–water partition coefficient (Wildman–Crippen LogP) is 1.77. The highest BCUT2D eigenvalue weighted by Crippen LogP contribution is 2.58. The van der Waals surface area contributed by atoms with Crippen LogP contribution in [0.25, 0.3) is 0 Å². The Morgan fingerprint density at radius 1 is 0.909 bits per heavy atom. The summed E-state index contributed by atoms with van der Waals surface area (Å²) in [5, 5.41) is 0. The van der Waals surface area contributed by atoms with Gasteiger partial charge in [0.2, 0.25) is 0 Å². The summed E-state index contributed by atoms with van der Waals surface area (Å²) in [6.45, 7) is 0. The molecule has 1 heteroatoms. The highest BCUT2D eigenvalue weighted by Gasteiger charge is 2.52. The van der Waals surface area contributed by atoms with Gasteiger partial charge in [-0.05, 0) is 49.4 Å². The van der Waals surface area contributed by atoms with E-state index in [1.54, 1.807) is 0 Å². The lowest BCUT2D eigenvalue weighted by atomic mass is 9.79. The number of fused-ring (bicyclic) bond motifs is 5. The van der Waals surface area contributed by atoms with Crippen LogP contribution in [0, 0.1) is 23.7 Å². The summed E-state index contributed by atoms with van der Waals surface area (Å²) in [7, 11) is 0. The van der Waals surface area contributed by atoms with E-state index in [1.807, 2.05) is 0 Å². The van der Waals surface area contributed by atoms with Crippen LogP contribution in [-0.4, -0.2) is 6.04 Å². The summed E-state index contributed by atoms with van der Waals surface area (Å²) in [6, 6.07) is 0.583. The third-order valence-electron chi connectivity index (χ3n) is 4.48. The van der Waals surface area contributed by atoms with Crippen molar-refractivity contribution < 1.29 is 0 Å². The minimum Gasteiger partial charge on any atom is -0.327 e. The minimum absolute atomic E-state index is 0.583. The zero-order chi connectivity index (χ0) is 7.42. The summed E-state index contributed by atoms with van der Waals surface area (Å²) < 4.78 is 0. The maximum atomic E-state index is 6.08. The van der Waals surface area contributed by atoms with Crippen molar-refractivity contribution in [3.05, 3.63) is 0 Å². The highest BCUT2D eigenvalue weighted by molar-refractivity contribution is 5.04. The molecule has 0 radical (unpaired) electrons. The molecule has 0 unspecified atom stereocenters. The van der Waals surface area contributed by atoms with Gasteiger partial charge < -0.3 is 5.73 Å². The first-order chi connectivity index (χ1) is 5.36. The first kappa shape index (κ1) is 6.47. The summed E-state index contributed by atoms with van der Waals surface area (Å²) in [6.07, 6.45) is 7.36. The first-order valence-electron chi connectivity index (χ1n) is 5.12. The molecule has 0 saturated heterocycles. The van der Waals surface area contributed by atoms with Crippen LogP contribution in [0.2, 0.25) is 0 Å². The van der Waals surface area contributed by atoms with E-state index < -0.39 is 0 Å². The van der Waals surface area contributed by atoms with E-state index in [9.17, 15) is 0 Å². The molecule has 0 heterocycles. The second-order valence-corrected chi connectivity index (χ2v) is 4.82. The van der Waals surface area contributed by atoms with Crippen LogP contribution in [0.3, 0.4) is 0 Å². The van der Waals surface area contributed by atoms with Gasteiger partial charge in [0, 0.05) is 6.04 Å². The van der Waals surface area contributed by atoms with Gasteiger partial charge in [0.1, 0.15) is 0 Å². The van der Waals surface area contributed by atoms with Crippen molar-refractivity contribution in [3.8, 4) is 0 Å². The zero-order valence-electron chi connectivity index (χ0n) is 7.00. The van der Waals surface area contributed by atoms with E-state index >= 15 is 0 Å². The van der Waals surface area contributed by atoms with Crippen molar-refractivity contribution in [3.63, 3.8) is 0 Å². The van der Waals surface area contributed by atoms with E-state index in [2.05, 4.69) is 0 Å². The average molecular weight is 151 g/mol. The fourth-order valence-corrected chi connectivity index (χ4v) is 4.12. The third kappa shape index (κ3) is 0.703. The summed E-state index contributed by atoms with van der Waals surface area (Å²) >= 11 is 0. The van der Waals surface area contributed by atoms with Gasteiger partial charge in [-0.1, -0.05) is 6.42 Å². The standard InChI is InChI=1S/C10H17N/c11-10-5-6-4-9(10)8-3-1-2-7(6)8/h6-10H,1-5,11H2/t6-,7-,8+,9+,10+/m1/s1. The monoisotopic (exact) mass is 151 g/mol. The Labute approximate surface area is 68.3 Å². The second kappa shape index (κ2) is 2.01. The van der Waals surface area contributed by atoms with Crippen molar-refractivity contribution in [1.82, 2.24) is 0 Å². The van der Waals surface area contributed by atoms with Crippen LogP contribution in [0.4, 0.5) is 0 Å². The van der Waals surface area contributed by atoms with Crippen LogP contribution >= 0.6 is 0 Å². The van der Waals surface area contributed by atoms with Gasteiger partial charge in [-0.2, -0.15) is 0 Å². The number of nitrogens with two attached hydrogens (primary N) is 1. The Morgan fingerprint density at radius 2 is 1.73 bits per heavy atom. The van der Waals surface area contributed by atoms with E-state index in [0.717, 1.165) is 23.7 Å². The molecule has 3 aliphatic carbocycles. The van der Waals surface area contributed by atoms with Gasteiger partial charge in [-0.15, -0.1) is 0 Å². The SMILES string of the molecule is N[C@H]1C[C@H]2C[C@H]1[C@H]1CCC[C@H]21. The molecule has 62 valence electrons. The summed E-state index contributed by atoms with van der Waals surface area (Å²) in [5.41, 5.74) is 6.08. The van der Waals surface area contributed by atoms with Crippen LogP contribution in [-0.2, 0) is 0 Å². The van der Waals surface area contributed by atoms with Gasteiger partial charge in [0.05, 0.1) is 0 Å². The number of hydrogen-bond acceptors (Lipinski definition) is 1. The van der Waals surface area contributed by atoms with Crippen molar-refractivity contribution >= 4 is 0 Å². The van der Waals surface area contributed by atoms with Gasteiger partial charge in [0.25, 0.3) is 0 Å². The Hall–Kier alpha value is -0.0400. The predicted molar refractivity (Wildman–Crippen MR) is 45.0 cm³/mol. The maximum Gasteiger partial charge on any atom is 0.00727 e. The molecule has 0 aliphatic heterocycles. The molecule has 3 rings (SSSR count). The fraction of sp³-hybridized carbons (Fsp3) is 1.00. The van der Waals surface area contributed by atoms with Gasteiger partial charge in [0.15, 0.2) is 0 Å². The van der Waals surface area contributed by atoms with Crippen LogP contribution in [0.5, 0.6) is 0 Å². The van der Waals surface area contributed by atoms with Crippen LogP contribution in [0.15, 0.2) is 0 Å². The van der Waals surface area contributed by atoms with Crippen molar-refractivity contribution in [1.29, 1.82) is 0 Å².